The van der Waals surface area contributed by atoms with E-state index < -0.39 is 0 Å². The largest absolute Gasteiger partial charge is 0.398 e. The molecule has 0 spiro atoms. The van der Waals surface area contributed by atoms with E-state index >= 15 is 0 Å². The minimum absolute atomic E-state index is 0.265. The molecule has 0 aliphatic rings. The Kier molecular flexibility index (Phi) is 2.83. The summed E-state index contributed by atoms with van der Waals surface area (Å²) in [7, 11) is 0. The zero-order valence-electron chi connectivity index (χ0n) is 9.18. The summed E-state index contributed by atoms with van der Waals surface area (Å²) in [5.41, 5.74) is 7.28. The molecular formula is C11H13ClN4. The number of nitrogen functional groups attached to an aromatic ring is 1. The van der Waals surface area contributed by atoms with Gasteiger partial charge in [-0.25, -0.2) is 0 Å². The first-order chi connectivity index (χ1) is 7.61. The lowest BCUT2D eigenvalue weighted by Gasteiger charge is -2.12. The molecule has 4 nitrogen and oxygen atoms in total. The molecular weight excluding hydrogens is 224 g/mol. The van der Waals surface area contributed by atoms with Crippen LogP contribution in [0.4, 0.5) is 5.69 Å². The molecule has 5 heteroatoms. The van der Waals surface area contributed by atoms with Gasteiger partial charge in [-0.3, -0.25) is 0 Å². The number of anilines is 1. The number of benzene rings is 1. The quantitative estimate of drug-likeness (QED) is 0.816. The normalized spacial score (nSPS) is 11.0. The Balaban J connectivity index is 2.63. The van der Waals surface area contributed by atoms with Crippen LogP contribution in [-0.4, -0.2) is 14.8 Å². The van der Waals surface area contributed by atoms with E-state index in [2.05, 4.69) is 24.0 Å². The molecule has 84 valence electrons. The van der Waals surface area contributed by atoms with Gasteiger partial charge in [-0.05, 0) is 26.0 Å². The van der Waals surface area contributed by atoms with Crippen LogP contribution < -0.4 is 5.73 Å². The maximum absolute atomic E-state index is 6.14. The number of halogens is 1. The number of hydrogen-bond donors (Lipinski definition) is 1. The van der Waals surface area contributed by atoms with Crippen molar-refractivity contribution >= 4 is 17.3 Å². The summed E-state index contributed by atoms with van der Waals surface area (Å²) in [6.07, 6.45) is 1.68. The molecule has 0 amide bonds. The van der Waals surface area contributed by atoms with E-state index in [9.17, 15) is 0 Å². The Bertz CT molecular complexity index is 484. The predicted octanol–water partition coefficient (Wildman–Crippen LogP) is 2.76. The summed E-state index contributed by atoms with van der Waals surface area (Å²) in [4.78, 5) is 0. The maximum Gasteiger partial charge on any atom is 0.167 e. The fraction of sp³-hybridized carbons (Fsp3) is 0.273. The Hall–Kier alpha value is -1.55. The Morgan fingerprint density at radius 2 is 2.12 bits per heavy atom. The summed E-state index contributed by atoms with van der Waals surface area (Å²) < 4.78 is 1.94. The Morgan fingerprint density at radius 1 is 1.38 bits per heavy atom. The molecule has 0 radical (unpaired) electrons. The molecule has 2 N–H and O–H groups in total. The molecule has 0 saturated heterocycles. The molecule has 0 saturated carbocycles. The molecule has 2 aromatic rings. The van der Waals surface area contributed by atoms with E-state index in [0.717, 1.165) is 5.56 Å². The molecule has 0 atom stereocenters. The lowest BCUT2D eigenvalue weighted by Crippen LogP contribution is -2.03. The van der Waals surface area contributed by atoms with Crippen molar-refractivity contribution in [3.05, 3.63) is 29.5 Å². The summed E-state index contributed by atoms with van der Waals surface area (Å²) in [6, 6.07) is 5.69. The molecule has 1 heterocycles. The van der Waals surface area contributed by atoms with E-state index in [0.29, 0.717) is 16.5 Å². The molecule has 16 heavy (non-hydrogen) atoms. The average Bonchev–Trinajstić information content (AvgIpc) is 2.66. The van der Waals surface area contributed by atoms with Crippen molar-refractivity contribution in [2.24, 2.45) is 0 Å². The van der Waals surface area contributed by atoms with Gasteiger partial charge in [0.2, 0.25) is 0 Å². The number of nitrogens with zero attached hydrogens (tertiary/aromatic N) is 3. The van der Waals surface area contributed by atoms with Crippen LogP contribution >= 0.6 is 11.6 Å². The van der Waals surface area contributed by atoms with Crippen LogP contribution in [0.2, 0.25) is 5.02 Å². The predicted molar refractivity (Wildman–Crippen MR) is 65.3 cm³/mol. The first-order valence-corrected chi connectivity index (χ1v) is 5.43. The highest BCUT2D eigenvalue weighted by atomic mass is 35.5. The van der Waals surface area contributed by atoms with Crippen LogP contribution in [0.25, 0.3) is 11.4 Å². The lowest BCUT2D eigenvalue weighted by atomic mass is 10.1. The zero-order chi connectivity index (χ0) is 11.7. The van der Waals surface area contributed by atoms with Gasteiger partial charge in [0.15, 0.2) is 5.82 Å². The molecule has 1 aromatic carbocycles. The van der Waals surface area contributed by atoms with Crippen molar-refractivity contribution in [2.75, 3.05) is 5.73 Å². The summed E-state index contributed by atoms with van der Waals surface area (Å²) in [6.45, 7) is 4.11. The van der Waals surface area contributed by atoms with Crippen LogP contribution in [0.3, 0.4) is 0 Å². The topological polar surface area (TPSA) is 56.7 Å². The third-order valence-electron chi connectivity index (χ3n) is 2.40. The van der Waals surface area contributed by atoms with Crippen molar-refractivity contribution in [3.8, 4) is 11.4 Å². The third kappa shape index (κ3) is 1.76. The monoisotopic (exact) mass is 236 g/mol. The average molecular weight is 237 g/mol. The van der Waals surface area contributed by atoms with Crippen LogP contribution in [0.5, 0.6) is 0 Å². The second-order valence-corrected chi connectivity index (χ2v) is 4.27. The van der Waals surface area contributed by atoms with Crippen molar-refractivity contribution in [1.29, 1.82) is 0 Å². The number of aromatic nitrogens is 3. The first-order valence-electron chi connectivity index (χ1n) is 5.05. The highest BCUT2D eigenvalue weighted by Crippen LogP contribution is 2.32. The van der Waals surface area contributed by atoms with Gasteiger partial charge < -0.3 is 10.3 Å². The van der Waals surface area contributed by atoms with Gasteiger partial charge in [0.05, 0.1) is 10.6 Å². The summed E-state index contributed by atoms with van der Waals surface area (Å²) >= 11 is 6.14. The summed E-state index contributed by atoms with van der Waals surface area (Å²) in [5, 5.41) is 8.57. The van der Waals surface area contributed by atoms with Gasteiger partial charge in [-0.1, -0.05) is 17.7 Å². The lowest BCUT2D eigenvalue weighted by molar-refractivity contribution is 0.604. The molecule has 1 aromatic heterocycles. The van der Waals surface area contributed by atoms with E-state index in [-0.39, 0.29) is 6.04 Å². The molecule has 2 rings (SSSR count). The van der Waals surface area contributed by atoms with Gasteiger partial charge in [-0.2, -0.15) is 0 Å². The van der Waals surface area contributed by atoms with Gasteiger partial charge in [0.1, 0.15) is 6.33 Å². The molecule has 0 bridgehead atoms. The molecule has 0 unspecified atom stereocenters. The SMILES string of the molecule is CC(C)n1cnnc1-c1c(N)cccc1Cl. The van der Waals surface area contributed by atoms with Crippen LogP contribution in [-0.2, 0) is 0 Å². The number of hydrogen-bond acceptors (Lipinski definition) is 3. The van der Waals surface area contributed by atoms with Crippen molar-refractivity contribution < 1.29 is 0 Å². The minimum Gasteiger partial charge on any atom is -0.398 e. The van der Waals surface area contributed by atoms with Gasteiger partial charge in [0.25, 0.3) is 0 Å². The van der Waals surface area contributed by atoms with E-state index in [4.69, 9.17) is 17.3 Å². The highest BCUT2D eigenvalue weighted by molar-refractivity contribution is 6.33. The second kappa shape index (κ2) is 4.14. The van der Waals surface area contributed by atoms with Crippen LogP contribution in [0, 0.1) is 0 Å². The van der Waals surface area contributed by atoms with Crippen molar-refractivity contribution in [3.63, 3.8) is 0 Å². The van der Waals surface area contributed by atoms with Gasteiger partial charge in [-0.15, -0.1) is 10.2 Å². The van der Waals surface area contributed by atoms with E-state index in [1.807, 2.05) is 10.6 Å². The fourth-order valence-corrected chi connectivity index (χ4v) is 1.84. The molecule has 0 fully saturated rings. The van der Waals surface area contributed by atoms with Gasteiger partial charge in [0, 0.05) is 11.7 Å². The first kappa shape index (κ1) is 11.0. The maximum atomic E-state index is 6.14. The molecule has 0 aliphatic carbocycles. The second-order valence-electron chi connectivity index (χ2n) is 3.86. The Morgan fingerprint density at radius 3 is 2.75 bits per heavy atom. The zero-order valence-corrected chi connectivity index (χ0v) is 9.94. The highest BCUT2D eigenvalue weighted by Gasteiger charge is 2.15. The standard InChI is InChI=1S/C11H13ClN4/c1-7(2)16-6-14-15-11(16)10-8(12)4-3-5-9(10)13/h3-7H,13H2,1-2H3. The van der Waals surface area contributed by atoms with Crippen molar-refractivity contribution in [2.45, 2.75) is 19.9 Å². The van der Waals surface area contributed by atoms with Crippen LogP contribution in [0.15, 0.2) is 24.5 Å². The fourth-order valence-electron chi connectivity index (χ4n) is 1.58. The third-order valence-corrected chi connectivity index (χ3v) is 2.71. The number of nitrogens with two attached hydrogens (primary N) is 1. The number of rotatable bonds is 2. The smallest absolute Gasteiger partial charge is 0.167 e. The van der Waals surface area contributed by atoms with Gasteiger partial charge >= 0.3 is 0 Å². The Labute approximate surface area is 99.1 Å². The minimum atomic E-state index is 0.265. The van der Waals surface area contributed by atoms with Crippen molar-refractivity contribution in [1.82, 2.24) is 14.8 Å². The molecule has 0 aliphatic heterocycles. The van der Waals surface area contributed by atoms with E-state index in [1.165, 1.54) is 0 Å². The summed E-state index contributed by atoms with van der Waals surface area (Å²) in [5.74, 6) is 0.707. The van der Waals surface area contributed by atoms with E-state index in [1.54, 1.807) is 18.5 Å². The van der Waals surface area contributed by atoms with Crippen LogP contribution in [0.1, 0.15) is 19.9 Å².